The third kappa shape index (κ3) is 3.88. The molecule has 0 heterocycles. The van der Waals surface area contributed by atoms with Crippen LogP contribution in [0.3, 0.4) is 0 Å². The van der Waals surface area contributed by atoms with E-state index in [1.165, 1.54) is 0 Å². The fraction of sp³-hybridized carbons (Fsp3) is 0.467. The van der Waals surface area contributed by atoms with Gasteiger partial charge in [-0.15, -0.1) is 0 Å². The zero-order chi connectivity index (χ0) is 16.4. The molecule has 0 aliphatic rings. The first kappa shape index (κ1) is 17.3. The number of urea groups is 1. The van der Waals surface area contributed by atoms with Crippen LogP contribution in [0.25, 0.3) is 0 Å². The third-order valence-corrected chi connectivity index (χ3v) is 4.21. The summed E-state index contributed by atoms with van der Waals surface area (Å²) < 4.78 is 0. The zero-order valence-electron chi connectivity index (χ0n) is 12.9. The van der Waals surface area contributed by atoms with Crippen molar-refractivity contribution in [1.82, 2.24) is 5.32 Å². The van der Waals surface area contributed by atoms with Crippen LogP contribution in [-0.2, 0) is 4.79 Å². The number of aryl methyl sites for hydroxylation is 1. The summed E-state index contributed by atoms with van der Waals surface area (Å²) in [5.74, 6) is -0.980. The summed E-state index contributed by atoms with van der Waals surface area (Å²) in [6, 6.07) is 4.70. The Kier molecular flexibility index (Phi) is 4.89. The van der Waals surface area contributed by atoms with E-state index < -0.39 is 23.0 Å². The van der Waals surface area contributed by atoms with Crippen molar-refractivity contribution in [3.05, 3.63) is 28.8 Å². The van der Waals surface area contributed by atoms with Crippen molar-refractivity contribution in [3.8, 4) is 0 Å². The molecule has 2 amide bonds. The highest BCUT2D eigenvalue weighted by atomic mass is 35.5. The fourth-order valence-electron chi connectivity index (χ4n) is 1.59. The van der Waals surface area contributed by atoms with Crippen molar-refractivity contribution >= 4 is 29.3 Å². The van der Waals surface area contributed by atoms with E-state index in [-0.39, 0.29) is 0 Å². The Morgan fingerprint density at radius 2 is 1.76 bits per heavy atom. The lowest BCUT2D eigenvalue weighted by atomic mass is 9.74. The number of carboxylic acid groups (broad SMARTS) is 1. The van der Waals surface area contributed by atoms with E-state index >= 15 is 0 Å². The smallest absolute Gasteiger partial charge is 0.319 e. The SMILES string of the molecule is Cc1ccc(Cl)cc1NC(=O)NC(C)(C)C(C)(C)C(=O)O. The van der Waals surface area contributed by atoms with E-state index in [1.807, 2.05) is 6.92 Å². The number of carbonyl (C=O) groups is 2. The molecule has 0 saturated carbocycles. The van der Waals surface area contributed by atoms with Gasteiger partial charge in [-0.25, -0.2) is 4.79 Å². The number of aliphatic carboxylic acids is 1. The Morgan fingerprint density at radius 1 is 1.19 bits per heavy atom. The van der Waals surface area contributed by atoms with Gasteiger partial charge < -0.3 is 15.7 Å². The molecule has 0 aromatic heterocycles. The molecule has 3 N–H and O–H groups in total. The number of hydrogen-bond acceptors (Lipinski definition) is 2. The van der Waals surface area contributed by atoms with Crippen LogP contribution < -0.4 is 10.6 Å². The minimum atomic E-state index is -1.12. The predicted molar refractivity (Wildman–Crippen MR) is 83.8 cm³/mol. The molecule has 1 aromatic rings. The second-order valence-electron chi connectivity index (χ2n) is 6.09. The van der Waals surface area contributed by atoms with E-state index in [4.69, 9.17) is 11.6 Å². The van der Waals surface area contributed by atoms with Crippen molar-refractivity contribution in [3.63, 3.8) is 0 Å². The molecule has 116 valence electrons. The molecule has 0 spiro atoms. The molecule has 0 aliphatic carbocycles. The Labute approximate surface area is 129 Å². The molecule has 6 heteroatoms. The minimum Gasteiger partial charge on any atom is -0.481 e. The van der Waals surface area contributed by atoms with Gasteiger partial charge in [-0.3, -0.25) is 4.79 Å². The Morgan fingerprint density at radius 3 is 2.29 bits per heavy atom. The first-order valence-electron chi connectivity index (χ1n) is 6.56. The number of amides is 2. The highest BCUT2D eigenvalue weighted by Gasteiger charge is 2.44. The summed E-state index contributed by atoms with van der Waals surface area (Å²) in [6.07, 6.45) is 0. The van der Waals surface area contributed by atoms with E-state index in [1.54, 1.807) is 45.9 Å². The van der Waals surface area contributed by atoms with Crippen LogP contribution in [0.5, 0.6) is 0 Å². The van der Waals surface area contributed by atoms with Crippen LogP contribution in [0.4, 0.5) is 10.5 Å². The highest BCUT2D eigenvalue weighted by Crippen LogP contribution is 2.31. The second kappa shape index (κ2) is 5.93. The standard InChI is InChI=1S/C15H21ClN2O3/c1-9-6-7-10(16)8-11(9)17-13(21)18-15(4,5)14(2,3)12(19)20/h6-8H,1-5H3,(H,19,20)(H2,17,18,21). The molecule has 0 aliphatic heterocycles. The third-order valence-electron chi connectivity index (χ3n) is 3.97. The number of halogens is 1. The topological polar surface area (TPSA) is 78.4 Å². The number of carboxylic acids is 1. The van der Waals surface area contributed by atoms with E-state index in [0.29, 0.717) is 10.7 Å². The number of nitrogens with one attached hydrogen (secondary N) is 2. The summed E-state index contributed by atoms with van der Waals surface area (Å²) >= 11 is 5.90. The second-order valence-corrected chi connectivity index (χ2v) is 6.53. The first-order valence-corrected chi connectivity index (χ1v) is 6.94. The quantitative estimate of drug-likeness (QED) is 0.794. The van der Waals surface area contributed by atoms with Crippen molar-refractivity contribution in [2.75, 3.05) is 5.32 Å². The van der Waals surface area contributed by atoms with Gasteiger partial charge in [-0.05, 0) is 52.3 Å². The lowest BCUT2D eigenvalue weighted by molar-refractivity contribution is -0.150. The zero-order valence-corrected chi connectivity index (χ0v) is 13.6. The van der Waals surface area contributed by atoms with Crippen LogP contribution >= 0.6 is 11.6 Å². The van der Waals surface area contributed by atoms with Gasteiger partial charge in [0.05, 0.1) is 11.0 Å². The van der Waals surface area contributed by atoms with Crippen molar-refractivity contribution in [2.24, 2.45) is 5.41 Å². The molecular formula is C15H21ClN2O3. The molecular weight excluding hydrogens is 292 g/mol. The maximum atomic E-state index is 12.1. The molecule has 0 radical (unpaired) electrons. The minimum absolute atomic E-state index is 0.473. The van der Waals surface area contributed by atoms with Crippen LogP contribution in [-0.4, -0.2) is 22.6 Å². The van der Waals surface area contributed by atoms with Gasteiger partial charge >= 0.3 is 12.0 Å². The molecule has 0 saturated heterocycles. The molecule has 21 heavy (non-hydrogen) atoms. The van der Waals surface area contributed by atoms with Crippen LogP contribution in [0.15, 0.2) is 18.2 Å². The molecule has 0 atom stereocenters. The molecule has 1 aromatic carbocycles. The van der Waals surface area contributed by atoms with Gasteiger partial charge in [0, 0.05) is 10.7 Å². The largest absolute Gasteiger partial charge is 0.481 e. The molecule has 0 bridgehead atoms. The Hall–Kier alpha value is -1.75. The van der Waals surface area contributed by atoms with Crippen molar-refractivity contribution in [2.45, 2.75) is 40.2 Å². The summed E-state index contributed by atoms with van der Waals surface area (Å²) in [6.45, 7) is 8.33. The van der Waals surface area contributed by atoms with Gasteiger partial charge in [0.15, 0.2) is 0 Å². The lowest BCUT2D eigenvalue weighted by Crippen LogP contribution is -2.57. The van der Waals surface area contributed by atoms with Crippen molar-refractivity contribution < 1.29 is 14.7 Å². The Bertz CT molecular complexity index is 568. The summed E-state index contributed by atoms with van der Waals surface area (Å²) in [7, 11) is 0. The maximum Gasteiger partial charge on any atom is 0.319 e. The first-order chi connectivity index (χ1) is 9.47. The summed E-state index contributed by atoms with van der Waals surface area (Å²) in [5, 5.41) is 15.2. The number of benzene rings is 1. The normalized spacial score (nSPS) is 11.9. The van der Waals surface area contributed by atoms with Gasteiger partial charge in [0.2, 0.25) is 0 Å². The molecule has 1 rings (SSSR count). The predicted octanol–water partition coefficient (Wildman–Crippen LogP) is 3.66. The number of anilines is 1. The van der Waals surface area contributed by atoms with Crippen LogP contribution in [0.2, 0.25) is 5.02 Å². The average Bonchev–Trinajstić information content (AvgIpc) is 2.32. The maximum absolute atomic E-state index is 12.1. The number of rotatable bonds is 4. The fourth-order valence-corrected chi connectivity index (χ4v) is 1.76. The highest BCUT2D eigenvalue weighted by molar-refractivity contribution is 6.31. The monoisotopic (exact) mass is 312 g/mol. The number of hydrogen-bond donors (Lipinski definition) is 3. The molecule has 5 nitrogen and oxygen atoms in total. The summed E-state index contributed by atoms with van der Waals surface area (Å²) in [5.41, 5.74) is -0.600. The van der Waals surface area contributed by atoms with Crippen LogP contribution in [0.1, 0.15) is 33.3 Å². The molecule has 0 unspecified atom stereocenters. The van der Waals surface area contributed by atoms with E-state index in [2.05, 4.69) is 10.6 Å². The van der Waals surface area contributed by atoms with Crippen LogP contribution in [0, 0.1) is 12.3 Å². The van der Waals surface area contributed by atoms with Gasteiger partial charge in [-0.1, -0.05) is 17.7 Å². The Balaban J connectivity index is 2.87. The number of carbonyl (C=O) groups excluding carboxylic acids is 1. The summed E-state index contributed by atoms with van der Waals surface area (Å²) in [4.78, 5) is 23.4. The average molecular weight is 313 g/mol. The van der Waals surface area contributed by atoms with Gasteiger partial charge in [0.25, 0.3) is 0 Å². The van der Waals surface area contributed by atoms with E-state index in [0.717, 1.165) is 5.56 Å². The van der Waals surface area contributed by atoms with Gasteiger partial charge in [0.1, 0.15) is 0 Å². The van der Waals surface area contributed by atoms with E-state index in [9.17, 15) is 14.7 Å². The lowest BCUT2D eigenvalue weighted by Gasteiger charge is -2.38. The van der Waals surface area contributed by atoms with Crippen molar-refractivity contribution in [1.29, 1.82) is 0 Å². The van der Waals surface area contributed by atoms with Gasteiger partial charge in [-0.2, -0.15) is 0 Å². The molecule has 0 fully saturated rings.